The van der Waals surface area contributed by atoms with E-state index >= 15 is 0 Å². The predicted molar refractivity (Wildman–Crippen MR) is 405 cm³/mol. The molecule has 92 heavy (non-hydrogen) atoms. The Morgan fingerprint density at radius 1 is 0.359 bits per heavy atom. The number of aromatic amines is 2. The molecule has 0 bridgehead atoms. The van der Waals surface area contributed by atoms with Gasteiger partial charge in [0.05, 0.1) is 53.1 Å². The maximum atomic E-state index is 5.44. The van der Waals surface area contributed by atoms with Crippen molar-refractivity contribution in [1.82, 2.24) is 33.7 Å². The lowest BCUT2D eigenvalue weighted by molar-refractivity contribution is 0.392. The lowest BCUT2D eigenvalue weighted by Gasteiger charge is -2.29. The molecule has 0 spiro atoms. The van der Waals surface area contributed by atoms with E-state index in [1.54, 1.807) is 30.3 Å². The van der Waals surface area contributed by atoms with Gasteiger partial charge in [0.15, 0.2) is 12.8 Å². The lowest BCUT2D eigenvalue weighted by atomic mass is 9.76. The maximum Gasteiger partial charge on any atom is 0.181 e. The molecule has 1 aliphatic carbocycles. The van der Waals surface area contributed by atoms with E-state index in [2.05, 4.69) is 354 Å². The normalized spacial score (nSPS) is 14.7. The third-order valence-corrected chi connectivity index (χ3v) is 15.9. The first-order valence-corrected chi connectivity index (χ1v) is 34.4. The van der Waals surface area contributed by atoms with Crippen LogP contribution in [0.15, 0.2) is 79.6 Å². The first kappa shape index (κ1) is 87.4. The molecule has 0 fully saturated rings. The molecule has 0 atom stereocenters. The standard InChI is InChI=1S/C13H22.2C12H21N.C11H20N2.2C11H19NO.C10H18N2S.CH4/c1-12(2,3)10-8-7-9-11(10)13(4,5)6;1-11(2,3)9-7-13-8-10(9)12(4,5)6;1-11(2,3)9-7-8-13-10(9)12(4,5)6;3*1-10(2,3)8-9(11(4,5)6)13-7-12-8;1-9(2,3)7-8(10(4,5)6)12-13-11-7;/h7-8H,9H2,1-6H3;7H,8H2,1-6H3;7-8,13H,1-6H3;7H,1-6H3,(H,12,13);2*7H,1-6H3;1-6H3;1H4. The molecule has 5 aromatic heterocycles. The summed E-state index contributed by atoms with van der Waals surface area (Å²) in [5, 5.41) is 0. The Kier molecular flexibility index (Phi) is 29.5. The van der Waals surface area contributed by atoms with Crippen molar-refractivity contribution in [3.63, 3.8) is 0 Å². The van der Waals surface area contributed by atoms with Crippen LogP contribution in [0.5, 0.6) is 0 Å². The summed E-state index contributed by atoms with van der Waals surface area (Å²) in [4.78, 5) is 23.9. The van der Waals surface area contributed by atoms with E-state index in [4.69, 9.17) is 8.83 Å². The minimum atomic E-state index is 0. The van der Waals surface area contributed by atoms with Crippen LogP contribution in [0, 0.1) is 21.7 Å². The molecular formula is C81H144N8O2S. The minimum absolute atomic E-state index is 0. The second-order valence-corrected chi connectivity index (χ2v) is 40.3. The van der Waals surface area contributed by atoms with Gasteiger partial charge in [0.25, 0.3) is 0 Å². The van der Waals surface area contributed by atoms with Crippen LogP contribution in [-0.4, -0.2) is 46.4 Å². The summed E-state index contributed by atoms with van der Waals surface area (Å²) in [7, 11) is 0. The van der Waals surface area contributed by atoms with E-state index in [9.17, 15) is 0 Å². The lowest BCUT2D eigenvalue weighted by Crippen LogP contribution is -2.21. The molecule has 10 nitrogen and oxygen atoms in total. The zero-order valence-electron chi connectivity index (χ0n) is 66.9. The average molecular weight is 1290 g/mol. The van der Waals surface area contributed by atoms with Crippen LogP contribution in [0.1, 0.15) is 362 Å². The molecule has 11 heteroatoms. The largest absolute Gasteiger partial charge is 0.448 e. The van der Waals surface area contributed by atoms with Crippen molar-refractivity contribution in [2.24, 2.45) is 26.7 Å². The number of aliphatic imine (C=N–C) groups is 1. The van der Waals surface area contributed by atoms with Crippen LogP contribution in [0.3, 0.4) is 0 Å². The third kappa shape index (κ3) is 27.2. The highest BCUT2D eigenvalue weighted by molar-refractivity contribution is 6.99. The summed E-state index contributed by atoms with van der Waals surface area (Å²) in [6.45, 7) is 93.8. The molecule has 0 saturated heterocycles. The van der Waals surface area contributed by atoms with Gasteiger partial charge in [-0.05, 0) is 61.8 Å². The molecular weight excluding hydrogens is 1150 g/mol. The number of nitrogens with one attached hydrogen (secondary N) is 2. The first-order valence-electron chi connectivity index (χ1n) is 33.7. The minimum Gasteiger partial charge on any atom is -0.448 e. The fraction of sp³-hybridized carbons (Fsp3) is 0.728. The molecule has 0 unspecified atom stereocenters. The monoisotopic (exact) mass is 1290 g/mol. The Bertz CT molecular complexity index is 2580. The molecule has 6 heterocycles. The number of H-pyrrole nitrogens is 2. The Labute approximate surface area is 572 Å². The van der Waals surface area contributed by atoms with Crippen molar-refractivity contribution in [2.75, 3.05) is 6.54 Å². The zero-order chi connectivity index (χ0) is 71.9. The fourth-order valence-corrected chi connectivity index (χ4v) is 11.4. The van der Waals surface area contributed by atoms with Crippen LogP contribution in [-0.2, 0) is 54.1 Å². The highest BCUT2D eigenvalue weighted by Crippen LogP contribution is 2.43. The van der Waals surface area contributed by atoms with E-state index in [1.165, 1.54) is 45.5 Å². The smallest absolute Gasteiger partial charge is 0.181 e. The molecule has 0 radical (unpaired) electrons. The van der Waals surface area contributed by atoms with Gasteiger partial charge in [0.1, 0.15) is 11.5 Å². The van der Waals surface area contributed by atoms with Crippen LogP contribution in [0.2, 0.25) is 0 Å². The maximum absolute atomic E-state index is 5.44. The second-order valence-electron chi connectivity index (χ2n) is 39.8. The summed E-state index contributed by atoms with van der Waals surface area (Å²) in [5.41, 5.74) is 18.0. The van der Waals surface area contributed by atoms with E-state index in [0.29, 0.717) is 10.8 Å². The van der Waals surface area contributed by atoms with Gasteiger partial charge >= 0.3 is 0 Å². The number of imidazole rings is 1. The number of hydrogen-bond acceptors (Lipinski definition) is 9. The first-order chi connectivity index (χ1) is 40.1. The Morgan fingerprint density at radius 3 is 0.978 bits per heavy atom. The molecule has 1 aliphatic heterocycles. The van der Waals surface area contributed by atoms with Crippen molar-refractivity contribution < 1.29 is 8.83 Å². The van der Waals surface area contributed by atoms with Crippen LogP contribution >= 0.6 is 11.7 Å². The van der Waals surface area contributed by atoms with E-state index in [1.807, 2.05) is 6.20 Å². The Balaban J connectivity index is 0.00000105. The van der Waals surface area contributed by atoms with Gasteiger partial charge in [-0.3, -0.25) is 4.99 Å². The average Bonchev–Trinajstić information content (AvgIpc) is 1.71. The van der Waals surface area contributed by atoms with Gasteiger partial charge in [-0.15, -0.1) is 0 Å². The molecule has 5 aromatic rings. The molecule has 7 rings (SSSR count). The molecule has 2 aliphatic rings. The summed E-state index contributed by atoms with van der Waals surface area (Å²) in [6.07, 6.45) is 14.7. The van der Waals surface area contributed by atoms with Gasteiger partial charge < -0.3 is 18.8 Å². The summed E-state index contributed by atoms with van der Waals surface area (Å²) in [5.74, 6) is 2.00. The summed E-state index contributed by atoms with van der Waals surface area (Å²) in [6, 6.07) is 2.20. The van der Waals surface area contributed by atoms with Crippen molar-refractivity contribution in [2.45, 2.75) is 359 Å². The van der Waals surface area contributed by atoms with Crippen LogP contribution in [0.4, 0.5) is 0 Å². The van der Waals surface area contributed by atoms with Crippen molar-refractivity contribution in [3.05, 3.63) is 123 Å². The van der Waals surface area contributed by atoms with E-state index in [0.717, 1.165) is 47.3 Å². The topological polar surface area (TPSA) is 135 Å². The SMILES string of the molecule is C.CC(C)(C)C1=C(C(C)(C)C)CC=C1.CC(C)(C)C1=C(C(C)(C)C)CN=C1.CC(C)(C)c1cc[nH]c1C(C)(C)C.CC(C)(C)c1nc[nH]c1C(C)(C)C.CC(C)(C)c1ncoc1C(C)(C)C.CC(C)(C)c1ncoc1C(C)(C)C.CC(C)(C)c1nsnc1C(C)(C)C. The fourth-order valence-electron chi connectivity index (χ4n) is 10.4. The number of nitrogens with zero attached hydrogens (tertiary/aromatic N) is 6. The van der Waals surface area contributed by atoms with Crippen molar-refractivity contribution in [1.29, 1.82) is 0 Å². The molecule has 0 amide bonds. The van der Waals surface area contributed by atoms with Gasteiger partial charge in [0, 0.05) is 72.5 Å². The quantitative estimate of drug-likeness (QED) is 0.158. The van der Waals surface area contributed by atoms with E-state index < -0.39 is 0 Å². The van der Waals surface area contributed by atoms with Crippen molar-refractivity contribution >= 4 is 17.9 Å². The number of oxazole rings is 2. The number of hydrogen-bond donors (Lipinski definition) is 2. The Hall–Kier alpha value is -4.64. The number of allylic oxidation sites excluding steroid dienone is 5. The van der Waals surface area contributed by atoms with Crippen LogP contribution in [0.25, 0.3) is 0 Å². The third-order valence-electron chi connectivity index (χ3n) is 15.4. The van der Waals surface area contributed by atoms with Gasteiger partial charge in [-0.25, -0.2) is 15.0 Å². The van der Waals surface area contributed by atoms with Gasteiger partial charge in [0.2, 0.25) is 0 Å². The van der Waals surface area contributed by atoms with E-state index in [-0.39, 0.29) is 72.4 Å². The van der Waals surface area contributed by atoms with Gasteiger partial charge in [-0.2, -0.15) is 8.75 Å². The Morgan fingerprint density at radius 2 is 0.728 bits per heavy atom. The van der Waals surface area contributed by atoms with Gasteiger partial charge in [-0.1, -0.05) is 316 Å². The number of rotatable bonds is 0. The summed E-state index contributed by atoms with van der Waals surface area (Å²) >= 11 is 1.32. The number of aromatic nitrogens is 7. The summed E-state index contributed by atoms with van der Waals surface area (Å²) < 4.78 is 19.7. The van der Waals surface area contributed by atoms with Crippen LogP contribution < -0.4 is 0 Å². The molecule has 2 N–H and O–H groups in total. The zero-order valence-corrected chi connectivity index (χ0v) is 67.8. The molecule has 0 aromatic carbocycles. The highest BCUT2D eigenvalue weighted by atomic mass is 32.1. The highest BCUT2D eigenvalue weighted by Gasteiger charge is 2.34. The second kappa shape index (κ2) is 31.0. The van der Waals surface area contributed by atoms with Crippen molar-refractivity contribution in [3.8, 4) is 0 Å². The molecule has 526 valence electrons. The molecule has 0 saturated carbocycles. The predicted octanol–water partition coefficient (Wildman–Crippen LogP) is 24.7.